The predicted molar refractivity (Wildman–Crippen MR) is 57.0 cm³/mol. The number of hydrogen-bond acceptors (Lipinski definition) is 6. The van der Waals surface area contributed by atoms with E-state index in [1.807, 2.05) is 0 Å². The molecule has 2 N–H and O–H groups in total. The van der Waals surface area contributed by atoms with Crippen LogP contribution in [0.2, 0.25) is 0 Å². The molecular formula is C8H11BO6S. The van der Waals surface area contributed by atoms with Crippen LogP contribution in [0.15, 0.2) is 23.1 Å². The molecule has 0 spiro atoms. The minimum atomic E-state index is -3.86. The Morgan fingerprint density at radius 1 is 1.25 bits per heavy atom. The Morgan fingerprint density at radius 2 is 1.88 bits per heavy atom. The fourth-order valence-corrected chi connectivity index (χ4v) is 1.86. The molecule has 6 nitrogen and oxygen atoms in total. The Kier molecular flexibility index (Phi) is 3.92. The molecule has 1 rings (SSSR count). The van der Waals surface area contributed by atoms with Crippen LogP contribution in [0.1, 0.15) is 0 Å². The summed E-state index contributed by atoms with van der Waals surface area (Å²) in [6.07, 6.45) is 0. The van der Waals surface area contributed by atoms with Crippen LogP contribution in [0.3, 0.4) is 0 Å². The van der Waals surface area contributed by atoms with Gasteiger partial charge >= 0.3 is 7.12 Å². The van der Waals surface area contributed by atoms with Crippen molar-refractivity contribution in [2.45, 2.75) is 4.90 Å². The molecule has 0 saturated carbocycles. The van der Waals surface area contributed by atoms with Crippen molar-refractivity contribution < 1.29 is 27.4 Å². The molecule has 0 saturated heterocycles. The molecule has 0 aliphatic rings. The highest BCUT2D eigenvalue weighted by molar-refractivity contribution is 7.86. The van der Waals surface area contributed by atoms with Gasteiger partial charge in [0.2, 0.25) is 0 Å². The van der Waals surface area contributed by atoms with E-state index in [-0.39, 0.29) is 16.1 Å². The summed E-state index contributed by atoms with van der Waals surface area (Å²) in [5, 5.41) is 18.1. The van der Waals surface area contributed by atoms with Gasteiger partial charge in [0.05, 0.1) is 19.1 Å². The molecule has 0 atom stereocenters. The van der Waals surface area contributed by atoms with Crippen LogP contribution in [0, 0.1) is 0 Å². The molecule has 8 heteroatoms. The summed E-state index contributed by atoms with van der Waals surface area (Å²) in [5.41, 5.74) is -0.0411. The van der Waals surface area contributed by atoms with Crippen molar-refractivity contribution in [1.29, 1.82) is 0 Å². The lowest BCUT2D eigenvalue weighted by Gasteiger charge is -2.09. The third kappa shape index (κ3) is 2.53. The van der Waals surface area contributed by atoms with Gasteiger partial charge in [0.1, 0.15) is 5.75 Å². The van der Waals surface area contributed by atoms with Crippen molar-refractivity contribution in [3.8, 4) is 5.75 Å². The van der Waals surface area contributed by atoms with E-state index in [4.69, 9.17) is 14.8 Å². The van der Waals surface area contributed by atoms with Gasteiger partial charge in [0.15, 0.2) is 0 Å². The third-order valence-corrected chi connectivity index (χ3v) is 3.26. The minimum absolute atomic E-state index is 0.0411. The molecule has 0 radical (unpaired) electrons. The van der Waals surface area contributed by atoms with Gasteiger partial charge < -0.3 is 14.8 Å². The van der Waals surface area contributed by atoms with Crippen LogP contribution in [-0.4, -0.2) is 39.8 Å². The largest absolute Gasteiger partial charge is 0.497 e. The van der Waals surface area contributed by atoms with Crippen molar-refractivity contribution in [2.24, 2.45) is 0 Å². The highest BCUT2D eigenvalue weighted by Crippen LogP contribution is 2.15. The van der Waals surface area contributed by atoms with Crippen molar-refractivity contribution in [2.75, 3.05) is 14.2 Å². The molecule has 0 bridgehead atoms. The zero-order valence-electron chi connectivity index (χ0n) is 8.75. The number of methoxy groups -OCH3 is 1. The lowest BCUT2D eigenvalue weighted by molar-refractivity contribution is 0.396. The van der Waals surface area contributed by atoms with E-state index in [2.05, 4.69) is 4.18 Å². The maximum absolute atomic E-state index is 11.3. The SMILES string of the molecule is COc1ccc(S(=O)(=O)OC)cc1B(O)O. The van der Waals surface area contributed by atoms with Gasteiger partial charge in [-0.15, -0.1) is 0 Å². The van der Waals surface area contributed by atoms with Gasteiger partial charge in [0.25, 0.3) is 10.1 Å². The van der Waals surface area contributed by atoms with Gasteiger partial charge in [-0.3, -0.25) is 4.18 Å². The van der Waals surface area contributed by atoms with Crippen LogP contribution < -0.4 is 10.2 Å². The maximum atomic E-state index is 11.3. The molecule has 0 fully saturated rings. The Hall–Kier alpha value is -1.09. The van der Waals surface area contributed by atoms with Gasteiger partial charge in [-0.1, -0.05) is 0 Å². The van der Waals surface area contributed by atoms with E-state index >= 15 is 0 Å². The number of hydrogen-bond donors (Lipinski definition) is 2. The van der Waals surface area contributed by atoms with Crippen molar-refractivity contribution in [3.05, 3.63) is 18.2 Å². The zero-order valence-corrected chi connectivity index (χ0v) is 9.56. The van der Waals surface area contributed by atoms with Crippen molar-refractivity contribution >= 4 is 22.7 Å². The van der Waals surface area contributed by atoms with Gasteiger partial charge in [-0.05, 0) is 18.2 Å². The fraction of sp³-hybridized carbons (Fsp3) is 0.250. The van der Waals surface area contributed by atoms with E-state index in [0.29, 0.717) is 0 Å². The average molecular weight is 246 g/mol. The first kappa shape index (κ1) is 13.0. The second kappa shape index (κ2) is 4.83. The normalized spacial score (nSPS) is 11.2. The van der Waals surface area contributed by atoms with Crippen molar-refractivity contribution in [1.82, 2.24) is 0 Å². The number of rotatable bonds is 4. The maximum Gasteiger partial charge on any atom is 0.492 e. The fourth-order valence-electron chi connectivity index (χ4n) is 1.17. The zero-order chi connectivity index (χ0) is 12.3. The minimum Gasteiger partial charge on any atom is -0.497 e. The van der Waals surface area contributed by atoms with E-state index in [1.165, 1.54) is 19.2 Å². The predicted octanol–water partition coefficient (Wildman–Crippen LogP) is -1.29. The van der Waals surface area contributed by atoms with Crippen LogP contribution >= 0.6 is 0 Å². The Labute approximate surface area is 93.7 Å². The summed E-state index contributed by atoms with van der Waals surface area (Å²) in [5.74, 6) is 0.185. The van der Waals surface area contributed by atoms with Crippen molar-refractivity contribution in [3.63, 3.8) is 0 Å². The van der Waals surface area contributed by atoms with Crippen LogP contribution in [0.25, 0.3) is 0 Å². The highest BCUT2D eigenvalue weighted by atomic mass is 32.2. The molecule has 0 unspecified atom stereocenters. The summed E-state index contributed by atoms with van der Waals surface area (Å²) in [4.78, 5) is -0.168. The van der Waals surface area contributed by atoms with E-state index in [0.717, 1.165) is 13.2 Å². The molecule has 88 valence electrons. The summed E-state index contributed by atoms with van der Waals surface area (Å²) < 4.78 is 31.9. The van der Waals surface area contributed by atoms with Gasteiger partial charge in [0, 0.05) is 5.46 Å². The average Bonchev–Trinajstić information content (AvgIpc) is 2.28. The summed E-state index contributed by atoms with van der Waals surface area (Å²) >= 11 is 0. The molecule has 0 aliphatic carbocycles. The van der Waals surface area contributed by atoms with Crippen LogP contribution in [0.5, 0.6) is 5.75 Å². The Balaban J connectivity index is 3.33. The van der Waals surface area contributed by atoms with Crippen LogP contribution in [0.4, 0.5) is 0 Å². The first-order valence-corrected chi connectivity index (χ1v) is 5.68. The first-order chi connectivity index (χ1) is 7.42. The number of benzene rings is 1. The standard InChI is InChI=1S/C8H11BO6S/c1-14-8-4-3-6(16(12,13)15-2)5-7(8)9(10)11/h3-5,10-11H,1-2H3. The molecule has 0 aromatic heterocycles. The van der Waals surface area contributed by atoms with E-state index < -0.39 is 17.2 Å². The summed E-state index contributed by atoms with van der Waals surface area (Å²) in [7, 11) is -3.31. The second-order valence-corrected chi connectivity index (χ2v) is 4.61. The van der Waals surface area contributed by atoms with E-state index in [9.17, 15) is 8.42 Å². The van der Waals surface area contributed by atoms with E-state index in [1.54, 1.807) is 0 Å². The smallest absolute Gasteiger partial charge is 0.492 e. The van der Waals surface area contributed by atoms with Gasteiger partial charge in [-0.25, -0.2) is 0 Å². The van der Waals surface area contributed by atoms with Crippen LogP contribution in [-0.2, 0) is 14.3 Å². The molecule has 1 aromatic carbocycles. The highest BCUT2D eigenvalue weighted by Gasteiger charge is 2.21. The summed E-state index contributed by atoms with van der Waals surface area (Å²) in [6, 6.07) is 3.66. The molecule has 16 heavy (non-hydrogen) atoms. The Bertz CT molecular complexity index is 469. The third-order valence-electron chi connectivity index (χ3n) is 1.99. The van der Waals surface area contributed by atoms with Gasteiger partial charge in [-0.2, -0.15) is 8.42 Å². The quantitative estimate of drug-likeness (QED) is 0.507. The first-order valence-electron chi connectivity index (χ1n) is 4.27. The number of ether oxygens (including phenoxy) is 1. The topological polar surface area (TPSA) is 93.1 Å². The second-order valence-electron chi connectivity index (χ2n) is 2.90. The lowest BCUT2D eigenvalue weighted by atomic mass is 9.79. The Morgan fingerprint density at radius 3 is 2.31 bits per heavy atom. The molecule has 0 amide bonds. The summed E-state index contributed by atoms with van der Waals surface area (Å²) in [6.45, 7) is 0. The lowest BCUT2D eigenvalue weighted by Crippen LogP contribution is -2.31. The molecular weight excluding hydrogens is 235 g/mol. The molecule has 0 heterocycles. The molecule has 0 aliphatic heterocycles. The molecule has 1 aromatic rings. The monoisotopic (exact) mass is 246 g/mol.